The number of benzene rings is 3. The second kappa shape index (κ2) is 6.79. The normalized spacial score (nSPS) is 11.4. The molecule has 0 saturated carbocycles. The molecule has 3 aromatic rings. The average Bonchev–Trinajstić information content (AvgIpc) is 2.62. The Morgan fingerprint density at radius 1 is 0.667 bits per heavy atom. The van der Waals surface area contributed by atoms with Crippen LogP contribution in [-0.2, 0) is 11.8 Å². The van der Waals surface area contributed by atoms with Gasteiger partial charge in [-0.25, -0.2) is 0 Å². The molecule has 24 heavy (non-hydrogen) atoms. The Labute approximate surface area is 143 Å². The second-order valence-electron chi connectivity index (χ2n) is 6.13. The summed E-state index contributed by atoms with van der Waals surface area (Å²) in [6.07, 6.45) is 1.47. The van der Waals surface area contributed by atoms with E-state index in [-0.39, 0.29) is 11.5 Å². The summed E-state index contributed by atoms with van der Waals surface area (Å²) in [7, 11) is 0. The quantitative estimate of drug-likeness (QED) is 0.692. The molecule has 0 bridgehead atoms. The highest BCUT2D eigenvalue weighted by atomic mass is 16.3. The molecule has 3 rings (SSSR count). The zero-order valence-corrected chi connectivity index (χ0v) is 13.8. The molecule has 0 saturated heterocycles. The second-order valence-corrected chi connectivity index (χ2v) is 6.13. The average molecular weight is 318 g/mol. The Hall–Kier alpha value is -2.74. The van der Waals surface area contributed by atoms with Crippen molar-refractivity contribution in [2.24, 2.45) is 0 Å². The third kappa shape index (κ3) is 2.88. The molecular formula is C22H22O2. The zero-order valence-electron chi connectivity index (χ0n) is 13.8. The summed E-state index contributed by atoms with van der Waals surface area (Å²) in [6.45, 7) is 2.10. The van der Waals surface area contributed by atoms with Crippen LogP contribution in [0.25, 0.3) is 0 Å². The molecule has 0 aliphatic carbocycles. The van der Waals surface area contributed by atoms with Crippen LogP contribution in [0, 0.1) is 0 Å². The number of hydrogen-bond donors (Lipinski definition) is 2. The fourth-order valence-corrected chi connectivity index (χ4v) is 3.54. The first-order chi connectivity index (χ1) is 11.7. The van der Waals surface area contributed by atoms with E-state index in [4.69, 9.17) is 0 Å². The highest BCUT2D eigenvalue weighted by molar-refractivity contribution is 5.52. The van der Waals surface area contributed by atoms with E-state index >= 15 is 0 Å². The van der Waals surface area contributed by atoms with E-state index in [1.54, 1.807) is 12.1 Å². The van der Waals surface area contributed by atoms with Crippen molar-refractivity contribution in [2.75, 3.05) is 0 Å². The first kappa shape index (κ1) is 16.1. The van der Waals surface area contributed by atoms with Gasteiger partial charge in [-0.1, -0.05) is 73.7 Å². The van der Waals surface area contributed by atoms with Crippen LogP contribution in [0.2, 0.25) is 0 Å². The first-order valence-corrected chi connectivity index (χ1v) is 8.28. The van der Waals surface area contributed by atoms with Crippen molar-refractivity contribution in [3.8, 4) is 11.5 Å². The van der Waals surface area contributed by atoms with E-state index in [2.05, 4.69) is 19.1 Å². The number of phenols is 2. The Morgan fingerprint density at radius 3 is 1.58 bits per heavy atom. The maximum absolute atomic E-state index is 10.5. The molecule has 0 spiro atoms. The van der Waals surface area contributed by atoms with Gasteiger partial charge in [0.1, 0.15) is 11.5 Å². The van der Waals surface area contributed by atoms with Gasteiger partial charge in [-0.2, -0.15) is 0 Å². The van der Waals surface area contributed by atoms with Crippen molar-refractivity contribution in [2.45, 2.75) is 25.2 Å². The van der Waals surface area contributed by atoms with Crippen LogP contribution in [0.5, 0.6) is 11.5 Å². The van der Waals surface area contributed by atoms with Gasteiger partial charge in [0.15, 0.2) is 0 Å². The van der Waals surface area contributed by atoms with E-state index in [0.717, 1.165) is 17.5 Å². The Morgan fingerprint density at radius 2 is 1.12 bits per heavy atom. The fraction of sp³-hybridized carbons (Fsp3) is 0.182. The molecule has 0 fully saturated rings. The smallest absolute Gasteiger partial charge is 0.119 e. The van der Waals surface area contributed by atoms with Gasteiger partial charge in [-0.05, 0) is 30.5 Å². The first-order valence-electron chi connectivity index (χ1n) is 8.28. The minimum Gasteiger partial charge on any atom is -0.508 e. The summed E-state index contributed by atoms with van der Waals surface area (Å²) in [4.78, 5) is 0. The molecule has 0 atom stereocenters. The lowest BCUT2D eigenvalue weighted by Crippen LogP contribution is -2.30. The third-order valence-electron chi connectivity index (χ3n) is 4.79. The number of phenolic OH excluding ortho intramolecular Hbond substituents is 2. The molecule has 0 amide bonds. The molecule has 3 aromatic carbocycles. The van der Waals surface area contributed by atoms with Crippen molar-refractivity contribution in [3.63, 3.8) is 0 Å². The van der Waals surface area contributed by atoms with E-state index in [0.29, 0.717) is 6.42 Å². The summed E-state index contributed by atoms with van der Waals surface area (Å²) < 4.78 is 0. The standard InChI is InChI=1S/C22H22O2/c1-2-22(16-17-10-4-3-5-11-17,18-12-6-8-14-20(18)23)19-13-7-9-15-21(19)24/h3-15,23-24H,2,16H2,1H3. The topological polar surface area (TPSA) is 40.5 Å². The van der Waals surface area contributed by atoms with Gasteiger partial charge in [0.2, 0.25) is 0 Å². The highest BCUT2D eigenvalue weighted by Crippen LogP contribution is 2.45. The molecule has 0 aliphatic heterocycles. The number of rotatable bonds is 5. The van der Waals surface area contributed by atoms with Crippen LogP contribution in [0.1, 0.15) is 30.0 Å². The van der Waals surface area contributed by atoms with E-state index in [9.17, 15) is 10.2 Å². The van der Waals surface area contributed by atoms with Crippen molar-refractivity contribution in [3.05, 3.63) is 95.6 Å². The molecule has 0 radical (unpaired) electrons. The number of aromatic hydroxyl groups is 2. The molecule has 0 aromatic heterocycles. The van der Waals surface area contributed by atoms with Crippen LogP contribution in [0.4, 0.5) is 0 Å². The van der Waals surface area contributed by atoms with Crippen molar-refractivity contribution in [1.29, 1.82) is 0 Å². The molecule has 2 N–H and O–H groups in total. The molecule has 122 valence electrons. The lowest BCUT2D eigenvalue weighted by Gasteiger charge is -2.35. The maximum Gasteiger partial charge on any atom is 0.119 e. The van der Waals surface area contributed by atoms with Crippen molar-refractivity contribution < 1.29 is 10.2 Å². The Balaban J connectivity index is 2.23. The van der Waals surface area contributed by atoms with Gasteiger partial charge in [0.25, 0.3) is 0 Å². The number of para-hydroxylation sites is 2. The molecule has 0 unspecified atom stereocenters. The highest BCUT2D eigenvalue weighted by Gasteiger charge is 2.36. The summed E-state index contributed by atoms with van der Waals surface area (Å²) >= 11 is 0. The summed E-state index contributed by atoms with van der Waals surface area (Å²) in [6, 6.07) is 25.1. The largest absolute Gasteiger partial charge is 0.508 e. The van der Waals surface area contributed by atoms with Crippen molar-refractivity contribution >= 4 is 0 Å². The lowest BCUT2D eigenvalue weighted by molar-refractivity contribution is 0.402. The molecule has 2 heteroatoms. The van der Waals surface area contributed by atoms with E-state index in [1.165, 1.54) is 5.56 Å². The summed E-state index contributed by atoms with van der Waals surface area (Å²) in [5.41, 5.74) is 2.37. The minimum absolute atomic E-state index is 0.263. The van der Waals surface area contributed by atoms with Crippen molar-refractivity contribution in [1.82, 2.24) is 0 Å². The fourth-order valence-electron chi connectivity index (χ4n) is 3.54. The van der Waals surface area contributed by atoms with Crippen LogP contribution >= 0.6 is 0 Å². The van der Waals surface area contributed by atoms with Crippen LogP contribution in [0.3, 0.4) is 0 Å². The van der Waals surface area contributed by atoms with Gasteiger partial charge in [-0.3, -0.25) is 0 Å². The SMILES string of the molecule is CCC(Cc1ccccc1)(c1ccccc1O)c1ccccc1O. The molecule has 0 heterocycles. The predicted octanol–water partition coefficient (Wildman–Crippen LogP) is 5.04. The number of hydrogen-bond acceptors (Lipinski definition) is 2. The van der Waals surface area contributed by atoms with Gasteiger partial charge < -0.3 is 10.2 Å². The van der Waals surface area contributed by atoms with Crippen LogP contribution < -0.4 is 0 Å². The van der Waals surface area contributed by atoms with Gasteiger partial charge in [0.05, 0.1) is 0 Å². The van der Waals surface area contributed by atoms with Gasteiger partial charge in [0, 0.05) is 16.5 Å². The minimum atomic E-state index is -0.488. The third-order valence-corrected chi connectivity index (χ3v) is 4.79. The van der Waals surface area contributed by atoms with Gasteiger partial charge in [-0.15, -0.1) is 0 Å². The van der Waals surface area contributed by atoms with Gasteiger partial charge >= 0.3 is 0 Å². The molecular weight excluding hydrogens is 296 g/mol. The van der Waals surface area contributed by atoms with E-state index in [1.807, 2.05) is 54.6 Å². The maximum atomic E-state index is 10.5. The molecule has 0 aliphatic rings. The monoisotopic (exact) mass is 318 g/mol. The summed E-state index contributed by atoms with van der Waals surface area (Å²) in [5, 5.41) is 21.1. The van der Waals surface area contributed by atoms with Crippen LogP contribution in [0.15, 0.2) is 78.9 Å². The lowest BCUT2D eigenvalue weighted by atomic mass is 9.68. The Kier molecular flexibility index (Phi) is 4.57. The zero-order chi connectivity index (χ0) is 17.0. The van der Waals surface area contributed by atoms with E-state index < -0.39 is 5.41 Å². The van der Waals surface area contributed by atoms with Crippen LogP contribution in [-0.4, -0.2) is 10.2 Å². The summed E-state index contributed by atoms with van der Waals surface area (Å²) in [5.74, 6) is 0.525. The molecule has 2 nitrogen and oxygen atoms in total. The predicted molar refractivity (Wildman–Crippen MR) is 97.4 cm³/mol. The Bertz CT molecular complexity index is 763.